The van der Waals surface area contributed by atoms with E-state index < -0.39 is 5.97 Å². The Morgan fingerprint density at radius 1 is 1.54 bits per heavy atom. The van der Waals surface area contributed by atoms with E-state index in [2.05, 4.69) is 0 Å². The van der Waals surface area contributed by atoms with Gasteiger partial charge in [0, 0.05) is 0 Å². The highest BCUT2D eigenvalue weighted by Crippen LogP contribution is 2.41. The summed E-state index contributed by atoms with van der Waals surface area (Å²) in [6.07, 6.45) is 3.62. The molecule has 1 rings (SSSR count). The highest BCUT2D eigenvalue weighted by atomic mass is 35.5. The zero-order valence-electron chi connectivity index (χ0n) is 7.34. The summed E-state index contributed by atoms with van der Waals surface area (Å²) in [7, 11) is 0. The average Bonchev–Trinajstić information content (AvgIpc) is 2.68. The van der Waals surface area contributed by atoms with Crippen molar-refractivity contribution in [3.05, 3.63) is 10.6 Å². The van der Waals surface area contributed by atoms with Crippen molar-refractivity contribution in [2.24, 2.45) is 17.8 Å². The van der Waals surface area contributed by atoms with E-state index in [0.717, 1.165) is 12.8 Å². The van der Waals surface area contributed by atoms with Crippen molar-refractivity contribution in [2.75, 3.05) is 0 Å². The zero-order valence-corrected chi connectivity index (χ0v) is 8.85. The van der Waals surface area contributed by atoms with Crippen molar-refractivity contribution in [1.29, 1.82) is 0 Å². The summed E-state index contributed by atoms with van der Waals surface area (Å²) in [4.78, 5) is 10.9. The van der Waals surface area contributed by atoms with E-state index in [4.69, 9.17) is 28.3 Å². The summed E-state index contributed by atoms with van der Waals surface area (Å²) in [5, 5.41) is 8.95. The highest BCUT2D eigenvalue weighted by molar-refractivity contribution is 6.55. The number of carbonyl (C=O) groups is 1. The second kappa shape index (κ2) is 4.34. The fourth-order valence-corrected chi connectivity index (χ4v) is 2.01. The number of carboxylic acid groups (broad SMARTS) is 1. The van der Waals surface area contributed by atoms with Crippen molar-refractivity contribution in [3.8, 4) is 0 Å². The van der Waals surface area contributed by atoms with E-state index in [-0.39, 0.29) is 16.3 Å². The summed E-state index contributed by atoms with van der Waals surface area (Å²) < 4.78 is 0.152. The molecule has 2 nitrogen and oxygen atoms in total. The van der Waals surface area contributed by atoms with Gasteiger partial charge in [0.2, 0.25) is 0 Å². The Hall–Kier alpha value is -0.210. The van der Waals surface area contributed by atoms with Gasteiger partial charge in [-0.15, -0.1) is 0 Å². The minimum absolute atomic E-state index is 0.0880. The number of rotatable bonds is 4. The molecule has 0 heterocycles. The molecular weight excluding hydrogens is 211 g/mol. The Kier molecular flexibility index (Phi) is 3.63. The topological polar surface area (TPSA) is 37.3 Å². The van der Waals surface area contributed by atoms with Crippen LogP contribution in [0.1, 0.15) is 19.8 Å². The van der Waals surface area contributed by atoms with Gasteiger partial charge in [0.1, 0.15) is 4.49 Å². The van der Waals surface area contributed by atoms with Crippen molar-refractivity contribution in [3.63, 3.8) is 0 Å². The predicted octanol–water partition coefficient (Wildman–Crippen LogP) is 3.05. The molecule has 1 N–H and O–H groups in total. The first-order chi connectivity index (χ1) is 6.02. The average molecular weight is 223 g/mol. The second-order valence-corrected chi connectivity index (χ2v) is 4.52. The SMILES string of the molecule is CC(C=C(Cl)Cl)C(C(=O)O)C1CC1. The minimum Gasteiger partial charge on any atom is -0.481 e. The van der Waals surface area contributed by atoms with E-state index in [1.807, 2.05) is 6.92 Å². The largest absolute Gasteiger partial charge is 0.481 e. The van der Waals surface area contributed by atoms with Crippen LogP contribution in [0.5, 0.6) is 0 Å². The number of hydrogen-bond acceptors (Lipinski definition) is 1. The van der Waals surface area contributed by atoms with Crippen molar-refractivity contribution in [2.45, 2.75) is 19.8 Å². The van der Waals surface area contributed by atoms with E-state index in [1.165, 1.54) is 0 Å². The van der Waals surface area contributed by atoms with Gasteiger partial charge in [-0.25, -0.2) is 0 Å². The van der Waals surface area contributed by atoms with Crippen LogP contribution in [-0.2, 0) is 4.79 Å². The molecule has 1 saturated carbocycles. The molecule has 0 aromatic heterocycles. The third-order valence-corrected chi connectivity index (χ3v) is 2.62. The van der Waals surface area contributed by atoms with Gasteiger partial charge < -0.3 is 5.11 Å². The van der Waals surface area contributed by atoms with Crippen LogP contribution < -0.4 is 0 Å². The first-order valence-corrected chi connectivity index (χ1v) is 5.03. The van der Waals surface area contributed by atoms with Crippen LogP contribution in [0.4, 0.5) is 0 Å². The Bertz CT molecular complexity index is 230. The van der Waals surface area contributed by atoms with E-state index in [0.29, 0.717) is 5.92 Å². The van der Waals surface area contributed by atoms with Crippen LogP contribution in [-0.4, -0.2) is 11.1 Å². The standard InChI is InChI=1S/C9H12Cl2O2/c1-5(4-7(10)11)8(9(12)13)6-2-3-6/h4-6,8H,2-3H2,1H3,(H,12,13). The molecule has 0 spiro atoms. The van der Waals surface area contributed by atoms with Crippen LogP contribution in [0.2, 0.25) is 0 Å². The van der Waals surface area contributed by atoms with Crippen molar-refractivity contribution < 1.29 is 9.90 Å². The fraction of sp³-hybridized carbons (Fsp3) is 0.667. The lowest BCUT2D eigenvalue weighted by Gasteiger charge is -2.15. The fourth-order valence-electron chi connectivity index (χ4n) is 1.61. The summed E-state index contributed by atoms with van der Waals surface area (Å²) in [5.41, 5.74) is 0. The number of aliphatic carboxylic acids is 1. The third-order valence-electron chi connectivity index (χ3n) is 2.37. The van der Waals surface area contributed by atoms with Crippen LogP contribution >= 0.6 is 23.2 Å². The molecule has 74 valence electrons. The molecule has 13 heavy (non-hydrogen) atoms. The van der Waals surface area contributed by atoms with Gasteiger partial charge in [-0.3, -0.25) is 4.79 Å². The van der Waals surface area contributed by atoms with Gasteiger partial charge in [-0.2, -0.15) is 0 Å². The number of halogens is 2. The highest BCUT2D eigenvalue weighted by Gasteiger charge is 2.38. The lowest BCUT2D eigenvalue weighted by molar-refractivity contribution is -0.143. The first kappa shape index (κ1) is 10.9. The normalized spacial score (nSPS) is 20.5. The minimum atomic E-state index is -0.749. The summed E-state index contributed by atoms with van der Waals surface area (Å²) in [5.74, 6) is -0.847. The predicted molar refractivity (Wildman–Crippen MR) is 52.8 cm³/mol. The Balaban J connectivity index is 2.63. The number of hydrogen-bond donors (Lipinski definition) is 1. The van der Waals surface area contributed by atoms with Crippen LogP contribution in [0.15, 0.2) is 10.6 Å². The van der Waals surface area contributed by atoms with E-state index in [9.17, 15) is 4.79 Å². The zero-order chi connectivity index (χ0) is 10.0. The van der Waals surface area contributed by atoms with Gasteiger partial charge in [0.25, 0.3) is 0 Å². The number of carboxylic acids is 1. The summed E-state index contributed by atoms with van der Waals surface area (Å²) in [6.45, 7) is 1.84. The maximum absolute atomic E-state index is 10.9. The van der Waals surface area contributed by atoms with Gasteiger partial charge in [-0.05, 0) is 24.7 Å². The molecule has 4 heteroatoms. The quantitative estimate of drug-likeness (QED) is 0.795. The smallest absolute Gasteiger partial charge is 0.307 e. The molecule has 1 fully saturated rings. The third kappa shape index (κ3) is 3.20. The maximum Gasteiger partial charge on any atom is 0.307 e. The summed E-state index contributed by atoms with van der Waals surface area (Å²) >= 11 is 11.0. The summed E-state index contributed by atoms with van der Waals surface area (Å²) in [6, 6.07) is 0. The molecule has 0 bridgehead atoms. The van der Waals surface area contributed by atoms with Crippen molar-refractivity contribution in [1.82, 2.24) is 0 Å². The molecule has 1 aliphatic carbocycles. The van der Waals surface area contributed by atoms with Gasteiger partial charge in [0.15, 0.2) is 0 Å². The molecule has 1 aliphatic rings. The van der Waals surface area contributed by atoms with Gasteiger partial charge in [-0.1, -0.05) is 36.2 Å². The molecule has 0 amide bonds. The van der Waals surface area contributed by atoms with Crippen LogP contribution in [0.3, 0.4) is 0 Å². The van der Waals surface area contributed by atoms with Crippen molar-refractivity contribution >= 4 is 29.2 Å². The van der Waals surface area contributed by atoms with Crippen LogP contribution in [0, 0.1) is 17.8 Å². The van der Waals surface area contributed by atoms with Gasteiger partial charge >= 0.3 is 5.97 Å². The van der Waals surface area contributed by atoms with Crippen LogP contribution in [0.25, 0.3) is 0 Å². The molecule has 0 radical (unpaired) electrons. The Morgan fingerprint density at radius 2 is 2.08 bits per heavy atom. The van der Waals surface area contributed by atoms with E-state index in [1.54, 1.807) is 6.08 Å². The first-order valence-electron chi connectivity index (χ1n) is 4.28. The second-order valence-electron chi connectivity index (χ2n) is 3.52. The molecule has 0 aromatic carbocycles. The molecule has 2 atom stereocenters. The molecular formula is C9H12Cl2O2. The number of allylic oxidation sites excluding steroid dienone is 1. The molecule has 2 unspecified atom stereocenters. The molecule has 0 aliphatic heterocycles. The monoisotopic (exact) mass is 222 g/mol. The Labute approximate surface area is 87.5 Å². The molecule has 0 aromatic rings. The van der Waals surface area contributed by atoms with E-state index >= 15 is 0 Å². The lowest BCUT2D eigenvalue weighted by atomic mass is 9.90. The van der Waals surface area contributed by atoms with Gasteiger partial charge in [0.05, 0.1) is 5.92 Å². The lowest BCUT2D eigenvalue weighted by Crippen LogP contribution is -2.22. The molecule has 0 saturated heterocycles. The Morgan fingerprint density at radius 3 is 2.38 bits per heavy atom. The maximum atomic E-state index is 10.9.